The third-order valence-corrected chi connectivity index (χ3v) is 5.49. The summed E-state index contributed by atoms with van der Waals surface area (Å²) in [6.45, 7) is 0.734. The number of aromatic nitrogens is 2. The average Bonchev–Trinajstić information content (AvgIpc) is 2.75. The van der Waals surface area contributed by atoms with E-state index in [1.165, 1.54) is 0 Å². The normalized spacial score (nSPS) is 20.4. The van der Waals surface area contributed by atoms with Crippen molar-refractivity contribution in [1.29, 1.82) is 0 Å². The molecule has 1 amide bonds. The van der Waals surface area contributed by atoms with Crippen LogP contribution < -0.4 is 4.74 Å². The maximum atomic E-state index is 14.2. The van der Waals surface area contributed by atoms with Crippen molar-refractivity contribution in [3.63, 3.8) is 0 Å². The van der Waals surface area contributed by atoms with Gasteiger partial charge in [0.25, 0.3) is 5.92 Å². The second kappa shape index (κ2) is 9.88. The number of carbonyl (C=O) groups is 1. The predicted molar refractivity (Wildman–Crippen MR) is 108 cm³/mol. The number of rotatable bonds is 6. The van der Waals surface area contributed by atoms with Gasteiger partial charge in [0.15, 0.2) is 0 Å². The Labute approximate surface area is 187 Å². The molecular formula is C22H24F5N3O3. The van der Waals surface area contributed by atoms with Crippen LogP contribution >= 0.6 is 0 Å². The minimum Gasteiger partial charge on any atom is -0.480 e. The van der Waals surface area contributed by atoms with Gasteiger partial charge in [-0.1, -0.05) is 37.3 Å². The van der Waals surface area contributed by atoms with E-state index in [1.54, 1.807) is 37.3 Å². The molecule has 0 aliphatic carbocycles. The highest BCUT2D eigenvalue weighted by molar-refractivity contribution is 5.68. The molecule has 2 atom stereocenters. The minimum absolute atomic E-state index is 0.0574. The largest absolute Gasteiger partial charge is 0.480 e. The molecule has 1 aromatic heterocycles. The summed E-state index contributed by atoms with van der Waals surface area (Å²) in [6, 6.07) is 8.20. The fourth-order valence-electron chi connectivity index (χ4n) is 3.94. The smallest absolute Gasteiger partial charge is 0.423 e. The Balaban J connectivity index is 1.72. The second-order valence-electron chi connectivity index (χ2n) is 8.02. The molecule has 11 heteroatoms. The van der Waals surface area contributed by atoms with Crippen LogP contribution in [0.25, 0.3) is 0 Å². The number of piperidine rings is 1. The summed E-state index contributed by atoms with van der Waals surface area (Å²) in [5.74, 6) is -4.21. The summed E-state index contributed by atoms with van der Waals surface area (Å²) in [5, 5.41) is 0. The van der Waals surface area contributed by atoms with E-state index in [4.69, 9.17) is 9.47 Å². The molecule has 6 nitrogen and oxygen atoms in total. The lowest BCUT2D eigenvalue weighted by atomic mass is 9.86. The van der Waals surface area contributed by atoms with Crippen molar-refractivity contribution >= 4 is 6.09 Å². The van der Waals surface area contributed by atoms with E-state index in [0.717, 1.165) is 12.0 Å². The predicted octanol–water partition coefficient (Wildman–Crippen LogP) is 5.12. The molecule has 2 heterocycles. The standard InChI is InChI=1S/C22H24F5N3O3/c1-14-10-21(23,24)13-30(20(31)33-12-15-6-4-3-5-7-15)17(14)8-9-18-28-11-16(22(25,26)27)19(29-18)32-2/h3-7,11,14,17H,8-10,12-13H2,1-2H3/t14-,17-/m1/s1. The number of alkyl halides is 5. The van der Waals surface area contributed by atoms with Gasteiger partial charge in [-0.25, -0.2) is 18.6 Å². The first-order valence-corrected chi connectivity index (χ1v) is 10.3. The van der Waals surface area contributed by atoms with Crippen LogP contribution in [0.15, 0.2) is 36.5 Å². The molecule has 1 fully saturated rings. The number of ether oxygens (including phenoxy) is 2. The first kappa shape index (κ1) is 24.7. The highest BCUT2D eigenvalue weighted by Crippen LogP contribution is 2.37. The molecule has 0 spiro atoms. The Morgan fingerprint density at radius 2 is 1.94 bits per heavy atom. The first-order valence-electron chi connectivity index (χ1n) is 10.3. The molecule has 0 bridgehead atoms. The van der Waals surface area contributed by atoms with Crippen LogP contribution in [0.1, 0.15) is 36.7 Å². The maximum absolute atomic E-state index is 14.2. The summed E-state index contributed by atoms with van der Waals surface area (Å²) >= 11 is 0. The van der Waals surface area contributed by atoms with Gasteiger partial charge in [0.2, 0.25) is 5.88 Å². The van der Waals surface area contributed by atoms with Crippen LogP contribution in [0.2, 0.25) is 0 Å². The summed E-state index contributed by atoms with van der Waals surface area (Å²) in [6.07, 6.45) is -5.10. The van der Waals surface area contributed by atoms with E-state index < -0.39 is 54.6 Å². The van der Waals surface area contributed by atoms with Crippen LogP contribution in [0.4, 0.5) is 26.7 Å². The summed E-state index contributed by atoms with van der Waals surface area (Å²) < 4.78 is 77.5. The number of halogens is 5. The number of nitrogens with zero attached hydrogens (tertiary/aromatic N) is 3. The van der Waals surface area contributed by atoms with Gasteiger partial charge in [-0.2, -0.15) is 18.2 Å². The van der Waals surface area contributed by atoms with Crippen molar-refractivity contribution in [3.8, 4) is 5.88 Å². The van der Waals surface area contributed by atoms with Gasteiger partial charge in [-0.05, 0) is 17.9 Å². The van der Waals surface area contributed by atoms with Gasteiger partial charge in [0, 0.05) is 25.1 Å². The Morgan fingerprint density at radius 3 is 2.58 bits per heavy atom. The lowest BCUT2D eigenvalue weighted by molar-refractivity contribution is -0.139. The third kappa shape index (κ3) is 6.29. The zero-order chi connectivity index (χ0) is 24.2. The van der Waals surface area contributed by atoms with Crippen LogP contribution in [-0.4, -0.2) is 46.6 Å². The highest BCUT2D eigenvalue weighted by Gasteiger charge is 2.46. The zero-order valence-corrected chi connectivity index (χ0v) is 18.1. The lowest BCUT2D eigenvalue weighted by Gasteiger charge is -2.42. The van der Waals surface area contributed by atoms with E-state index in [0.29, 0.717) is 11.8 Å². The first-order chi connectivity index (χ1) is 15.5. The van der Waals surface area contributed by atoms with Crippen molar-refractivity contribution in [1.82, 2.24) is 14.9 Å². The van der Waals surface area contributed by atoms with Gasteiger partial charge in [-0.15, -0.1) is 0 Å². The Morgan fingerprint density at radius 1 is 1.24 bits per heavy atom. The van der Waals surface area contributed by atoms with Crippen LogP contribution in [0.5, 0.6) is 5.88 Å². The zero-order valence-electron chi connectivity index (χ0n) is 18.1. The van der Waals surface area contributed by atoms with Gasteiger partial charge < -0.3 is 9.47 Å². The van der Waals surface area contributed by atoms with Gasteiger partial charge in [0.05, 0.1) is 13.7 Å². The number of likely N-dealkylation sites (tertiary alicyclic amines) is 1. The van der Waals surface area contributed by atoms with Crippen LogP contribution in [0.3, 0.4) is 0 Å². The Kier molecular flexibility index (Phi) is 7.38. The summed E-state index contributed by atoms with van der Waals surface area (Å²) in [7, 11) is 1.07. The van der Waals surface area contributed by atoms with Crippen molar-refractivity contribution < 1.29 is 36.2 Å². The molecule has 1 aliphatic rings. The van der Waals surface area contributed by atoms with E-state index in [9.17, 15) is 26.7 Å². The van der Waals surface area contributed by atoms with Crippen molar-refractivity contribution in [2.45, 2.75) is 50.9 Å². The molecule has 0 radical (unpaired) electrons. The van der Waals surface area contributed by atoms with E-state index in [1.807, 2.05) is 0 Å². The average molecular weight is 473 g/mol. The molecule has 0 N–H and O–H groups in total. The lowest BCUT2D eigenvalue weighted by Crippen LogP contribution is -2.55. The molecule has 1 aliphatic heterocycles. The molecular weight excluding hydrogens is 449 g/mol. The SMILES string of the molecule is COc1nc(CC[C@@H]2[C@H](C)CC(F)(F)CN2C(=O)OCc2ccccc2)ncc1C(F)(F)F. The van der Waals surface area contributed by atoms with Crippen molar-refractivity contribution in [3.05, 3.63) is 53.5 Å². The van der Waals surface area contributed by atoms with Crippen LogP contribution in [0, 0.1) is 5.92 Å². The van der Waals surface area contributed by atoms with E-state index >= 15 is 0 Å². The molecule has 180 valence electrons. The van der Waals surface area contributed by atoms with Gasteiger partial charge >= 0.3 is 12.3 Å². The van der Waals surface area contributed by atoms with Gasteiger partial charge in [0.1, 0.15) is 18.0 Å². The van der Waals surface area contributed by atoms with Gasteiger partial charge in [-0.3, -0.25) is 4.90 Å². The fraction of sp³-hybridized carbons (Fsp3) is 0.500. The summed E-state index contributed by atoms with van der Waals surface area (Å²) in [5.41, 5.74) is -0.394. The molecule has 1 aromatic carbocycles. The van der Waals surface area contributed by atoms with E-state index in [2.05, 4.69) is 9.97 Å². The monoisotopic (exact) mass is 473 g/mol. The number of hydrogen-bond donors (Lipinski definition) is 0. The number of hydrogen-bond acceptors (Lipinski definition) is 5. The molecule has 3 rings (SSSR count). The van der Waals surface area contributed by atoms with Crippen LogP contribution in [-0.2, 0) is 23.9 Å². The molecule has 1 saturated heterocycles. The molecule has 2 aromatic rings. The number of methoxy groups -OCH3 is 1. The minimum atomic E-state index is -4.67. The topological polar surface area (TPSA) is 64.5 Å². The Hall–Kier alpha value is -2.98. The van der Waals surface area contributed by atoms with E-state index in [-0.39, 0.29) is 25.3 Å². The number of amides is 1. The molecule has 33 heavy (non-hydrogen) atoms. The highest BCUT2D eigenvalue weighted by atomic mass is 19.4. The van der Waals surface area contributed by atoms with Crippen molar-refractivity contribution in [2.75, 3.05) is 13.7 Å². The molecule has 0 unspecified atom stereocenters. The number of aryl methyl sites for hydroxylation is 1. The number of benzene rings is 1. The third-order valence-electron chi connectivity index (χ3n) is 5.49. The second-order valence-corrected chi connectivity index (χ2v) is 8.02. The summed E-state index contributed by atoms with van der Waals surface area (Å²) in [4.78, 5) is 21.2. The maximum Gasteiger partial charge on any atom is 0.423 e. The quantitative estimate of drug-likeness (QED) is 0.545. The Bertz CT molecular complexity index is 956. The number of carbonyl (C=O) groups excluding carboxylic acids is 1. The van der Waals surface area contributed by atoms with Crippen molar-refractivity contribution in [2.24, 2.45) is 5.92 Å². The molecule has 0 saturated carbocycles. The fourth-order valence-corrected chi connectivity index (χ4v) is 3.94.